The van der Waals surface area contributed by atoms with Gasteiger partial charge in [-0.2, -0.15) is 8.78 Å². The van der Waals surface area contributed by atoms with Gasteiger partial charge in [0, 0.05) is 13.2 Å². The molecule has 2 N–H and O–H groups in total. The molecule has 0 radical (unpaired) electrons. The number of halogens is 4. The number of nitrogens with one attached hydrogen (secondary N) is 1. The topological polar surface area (TPSA) is 49.3 Å². The molecule has 0 rings (SSSR count). The summed E-state index contributed by atoms with van der Waals surface area (Å²) in [6.45, 7) is 0.888. The summed E-state index contributed by atoms with van der Waals surface area (Å²) in [5, 5.41) is 10.1. The molecule has 0 spiro atoms. The first kappa shape index (κ1) is 13.2. The van der Waals surface area contributed by atoms with Crippen LogP contribution in [0.5, 0.6) is 0 Å². The zero-order chi connectivity index (χ0) is 11.4. The van der Waals surface area contributed by atoms with Gasteiger partial charge < -0.3 is 10.4 Å². The average molecular weight is 217 g/mol. The molecule has 3 nitrogen and oxygen atoms in total. The Bertz CT molecular complexity index is 198. The van der Waals surface area contributed by atoms with Crippen molar-refractivity contribution < 1.29 is 27.5 Å². The van der Waals surface area contributed by atoms with Crippen LogP contribution in [-0.2, 0) is 4.79 Å². The second kappa shape index (κ2) is 5.14. The number of carbonyl (C=O) groups excluding carboxylic acids is 1. The van der Waals surface area contributed by atoms with Gasteiger partial charge in [0.2, 0.25) is 0 Å². The molecule has 84 valence electrons. The molecule has 1 unspecified atom stereocenters. The van der Waals surface area contributed by atoms with E-state index in [-0.39, 0.29) is 13.2 Å². The second-order valence-corrected chi connectivity index (χ2v) is 2.92. The van der Waals surface area contributed by atoms with Crippen molar-refractivity contribution in [1.82, 2.24) is 5.32 Å². The monoisotopic (exact) mass is 217 g/mol. The van der Waals surface area contributed by atoms with Crippen molar-refractivity contribution in [2.75, 3.05) is 13.2 Å². The minimum Gasteiger partial charge on any atom is -0.396 e. The Labute approximate surface area is 78.1 Å². The highest BCUT2D eigenvalue weighted by Gasteiger charge is 2.48. The first-order chi connectivity index (χ1) is 6.32. The number of carbonyl (C=O) groups is 1. The van der Waals surface area contributed by atoms with Crippen LogP contribution in [0.25, 0.3) is 0 Å². The fourth-order valence-corrected chi connectivity index (χ4v) is 0.548. The van der Waals surface area contributed by atoms with Gasteiger partial charge >= 0.3 is 12.3 Å². The van der Waals surface area contributed by atoms with Crippen LogP contribution in [0.2, 0.25) is 0 Å². The molecule has 0 aromatic carbocycles. The lowest BCUT2D eigenvalue weighted by molar-refractivity contribution is -0.169. The summed E-state index contributed by atoms with van der Waals surface area (Å²) >= 11 is 0. The largest absolute Gasteiger partial charge is 0.396 e. The molecule has 1 atom stereocenters. The van der Waals surface area contributed by atoms with E-state index in [9.17, 15) is 22.4 Å². The van der Waals surface area contributed by atoms with Crippen LogP contribution < -0.4 is 5.32 Å². The van der Waals surface area contributed by atoms with Crippen LogP contribution in [0.4, 0.5) is 17.6 Å². The number of alkyl halides is 4. The van der Waals surface area contributed by atoms with E-state index in [2.05, 4.69) is 0 Å². The summed E-state index contributed by atoms with van der Waals surface area (Å²) in [6.07, 6.45) is -4.02. The van der Waals surface area contributed by atoms with Gasteiger partial charge in [-0.3, -0.25) is 4.79 Å². The SMILES string of the molecule is CC(CO)CNC(=O)C(F)(F)C(F)F. The normalized spacial score (nSPS) is 14.2. The molecule has 0 bridgehead atoms. The number of aliphatic hydroxyl groups is 1. The minimum atomic E-state index is -4.67. The summed E-state index contributed by atoms with van der Waals surface area (Å²) in [5.74, 6) is -7.14. The molecule has 0 fully saturated rings. The third-order valence-electron chi connectivity index (χ3n) is 1.50. The maximum Gasteiger partial charge on any atom is 0.383 e. The van der Waals surface area contributed by atoms with E-state index >= 15 is 0 Å². The van der Waals surface area contributed by atoms with E-state index in [1.165, 1.54) is 6.92 Å². The molecule has 14 heavy (non-hydrogen) atoms. The molecule has 0 aliphatic carbocycles. The van der Waals surface area contributed by atoms with E-state index in [0.717, 1.165) is 0 Å². The summed E-state index contributed by atoms with van der Waals surface area (Å²) in [5.41, 5.74) is 0. The number of amides is 1. The lowest BCUT2D eigenvalue weighted by atomic mass is 10.2. The van der Waals surface area contributed by atoms with Crippen LogP contribution in [0.3, 0.4) is 0 Å². The second-order valence-electron chi connectivity index (χ2n) is 2.92. The van der Waals surface area contributed by atoms with Gasteiger partial charge in [-0.15, -0.1) is 0 Å². The maximum atomic E-state index is 12.3. The summed E-state index contributed by atoms with van der Waals surface area (Å²) < 4.78 is 47.8. The maximum absolute atomic E-state index is 12.3. The number of hydrogen-bond donors (Lipinski definition) is 2. The lowest BCUT2D eigenvalue weighted by Gasteiger charge is -2.16. The number of rotatable bonds is 5. The summed E-state index contributed by atoms with van der Waals surface area (Å²) in [4.78, 5) is 10.5. The molecule has 0 saturated carbocycles. The zero-order valence-corrected chi connectivity index (χ0v) is 7.44. The Balaban J connectivity index is 4.08. The van der Waals surface area contributed by atoms with Gasteiger partial charge in [0.15, 0.2) is 0 Å². The van der Waals surface area contributed by atoms with Gasteiger partial charge in [0.1, 0.15) is 0 Å². The predicted octanol–water partition coefficient (Wildman–Crippen LogP) is 0.631. The molecular formula is C7H11F4NO2. The van der Waals surface area contributed by atoms with Crippen LogP contribution in [0, 0.1) is 5.92 Å². The highest BCUT2D eigenvalue weighted by molar-refractivity contribution is 5.83. The molecule has 0 saturated heterocycles. The van der Waals surface area contributed by atoms with E-state index < -0.39 is 24.2 Å². The van der Waals surface area contributed by atoms with Gasteiger partial charge in [-0.25, -0.2) is 8.78 Å². The molecule has 0 aromatic rings. The molecule has 1 amide bonds. The van der Waals surface area contributed by atoms with Crippen molar-refractivity contribution in [3.8, 4) is 0 Å². The van der Waals surface area contributed by atoms with E-state index in [4.69, 9.17) is 5.11 Å². The minimum absolute atomic E-state index is 0.266. The number of aliphatic hydroxyl groups excluding tert-OH is 1. The van der Waals surface area contributed by atoms with E-state index in [1.54, 1.807) is 5.32 Å². The van der Waals surface area contributed by atoms with E-state index in [1.807, 2.05) is 0 Å². The predicted molar refractivity (Wildman–Crippen MR) is 40.2 cm³/mol. The zero-order valence-electron chi connectivity index (χ0n) is 7.44. The van der Waals surface area contributed by atoms with Crippen molar-refractivity contribution in [2.45, 2.75) is 19.3 Å². The average Bonchev–Trinajstić information content (AvgIpc) is 2.12. The van der Waals surface area contributed by atoms with Crippen molar-refractivity contribution in [2.24, 2.45) is 5.92 Å². The molecule has 0 aromatic heterocycles. The Hall–Kier alpha value is -0.850. The van der Waals surface area contributed by atoms with Crippen molar-refractivity contribution in [3.63, 3.8) is 0 Å². The summed E-state index contributed by atoms with van der Waals surface area (Å²) in [6, 6.07) is 0. The highest BCUT2D eigenvalue weighted by Crippen LogP contribution is 2.22. The van der Waals surface area contributed by atoms with Crippen LogP contribution >= 0.6 is 0 Å². The van der Waals surface area contributed by atoms with Crippen molar-refractivity contribution in [1.29, 1.82) is 0 Å². The third-order valence-corrected chi connectivity index (χ3v) is 1.50. The standard InChI is InChI=1S/C7H11F4NO2/c1-4(3-13)2-12-6(14)7(10,11)5(8)9/h4-5,13H,2-3H2,1H3,(H,12,14). The fraction of sp³-hybridized carbons (Fsp3) is 0.857. The van der Waals surface area contributed by atoms with Crippen LogP contribution in [0.15, 0.2) is 0 Å². The fourth-order valence-electron chi connectivity index (χ4n) is 0.548. The summed E-state index contributed by atoms with van der Waals surface area (Å²) in [7, 11) is 0. The Morgan fingerprint density at radius 1 is 1.50 bits per heavy atom. The van der Waals surface area contributed by atoms with Gasteiger partial charge in [0.25, 0.3) is 5.91 Å². The molecule has 0 aliphatic rings. The molecular weight excluding hydrogens is 206 g/mol. The smallest absolute Gasteiger partial charge is 0.383 e. The highest BCUT2D eigenvalue weighted by atomic mass is 19.3. The van der Waals surface area contributed by atoms with E-state index in [0.29, 0.717) is 0 Å². The lowest BCUT2D eigenvalue weighted by Crippen LogP contribution is -2.46. The van der Waals surface area contributed by atoms with Crippen LogP contribution in [0.1, 0.15) is 6.92 Å². The van der Waals surface area contributed by atoms with Gasteiger partial charge in [0.05, 0.1) is 0 Å². The Kier molecular flexibility index (Phi) is 4.82. The quantitative estimate of drug-likeness (QED) is 0.663. The molecule has 0 aliphatic heterocycles. The van der Waals surface area contributed by atoms with Crippen molar-refractivity contribution >= 4 is 5.91 Å². The Morgan fingerprint density at radius 2 is 2.00 bits per heavy atom. The van der Waals surface area contributed by atoms with Gasteiger partial charge in [-0.1, -0.05) is 6.92 Å². The third kappa shape index (κ3) is 3.49. The van der Waals surface area contributed by atoms with Gasteiger partial charge in [-0.05, 0) is 5.92 Å². The number of hydrogen-bond acceptors (Lipinski definition) is 2. The molecule has 7 heteroatoms. The first-order valence-corrected chi connectivity index (χ1v) is 3.87. The van der Waals surface area contributed by atoms with Crippen LogP contribution in [-0.4, -0.2) is 36.5 Å². The Morgan fingerprint density at radius 3 is 2.36 bits per heavy atom. The molecule has 0 heterocycles. The van der Waals surface area contributed by atoms with Crippen molar-refractivity contribution in [3.05, 3.63) is 0 Å². The first-order valence-electron chi connectivity index (χ1n) is 3.87.